The van der Waals surface area contributed by atoms with Gasteiger partial charge in [0, 0.05) is 11.4 Å². The number of carbonyl (C=O) groups excluding carboxylic acids is 1. The quantitative estimate of drug-likeness (QED) is 0.717. The Morgan fingerprint density at radius 1 is 1.23 bits per heavy atom. The lowest BCUT2D eigenvalue weighted by molar-refractivity contribution is -0.116. The van der Waals surface area contributed by atoms with Crippen molar-refractivity contribution in [2.75, 3.05) is 18.4 Å². The summed E-state index contributed by atoms with van der Waals surface area (Å²) >= 11 is 6.00. The van der Waals surface area contributed by atoms with E-state index in [0.29, 0.717) is 35.4 Å². The highest BCUT2D eigenvalue weighted by atomic mass is 35.5. The number of nitrogens with one attached hydrogen (secondary N) is 2. The summed E-state index contributed by atoms with van der Waals surface area (Å²) in [7, 11) is 0. The highest BCUT2D eigenvalue weighted by molar-refractivity contribution is 6.30. The molecule has 6 heteroatoms. The Kier molecular flexibility index (Phi) is 8.23. The lowest BCUT2D eigenvalue weighted by atomic mass is 10.0. The number of halogens is 2. The van der Waals surface area contributed by atoms with Gasteiger partial charge in [0.25, 0.3) is 0 Å². The van der Waals surface area contributed by atoms with E-state index in [0.717, 1.165) is 31.5 Å². The van der Waals surface area contributed by atoms with E-state index in [9.17, 15) is 4.79 Å². The van der Waals surface area contributed by atoms with Gasteiger partial charge in [-0.2, -0.15) is 0 Å². The van der Waals surface area contributed by atoms with Crippen LogP contribution in [0.2, 0.25) is 5.02 Å². The topological polar surface area (TPSA) is 50.4 Å². The molecule has 140 valence electrons. The summed E-state index contributed by atoms with van der Waals surface area (Å²) in [4.78, 5) is 12.2. The molecule has 1 atom stereocenters. The molecule has 4 nitrogen and oxygen atoms in total. The largest absolute Gasteiger partial charge is 0.487 e. The number of amides is 1. The number of benzene rings is 2. The maximum atomic E-state index is 12.2. The van der Waals surface area contributed by atoms with E-state index in [-0.39, 0.29) is 18.3 Å². The fraction of sp³-hybridized carbons (Fsp3) is 0.350. The fourth-order valence-electron chi connectivity index (χ4n) is 2.99. The molecule has 2 aromatic carbocycles. The molecule has 1 saturated heterocycles. The molecule has 2 aromatic rings. The molecule has 26 heavy (non-hydrogen) atoms. The molecule has 3 rings (SSSR count). The van der Waals surface area contributed by atoms with Crippen LogP contribution in [0.1, 0.15) is 24.8 Å². The van der Waals surface area contributed by atoms with Gasteiger partial charge in [0.2, 0.25) is 5.91 Å². The Labute approximate surface area is 165 Å². The van der Waals surface area contributed by atoms with Crippen LogP contribution in [0.4, 0.5) is 5.69 Å². The van der Waals surface area contributed by atoms with E-state index < -0.39 is 0 Å². The molecule has 0 aliphatic carbocycles. The Morgan fingerprint density at radius 2 is 2.08 bits per heavy atom. The normalized spacial score (nSPS) is 16.0. The molecule has 1 aliphatic heterocycles. The number of carbonyl (C=O) groups is 1. The van der Waals surface area contributed by atoms with E-state index >= 15 is 0 Å². The smallest absolute Gasteiger partial charge is 0.224 e. The molecule has 0 bridgehead atoms. The molecule has 2 N–H and O–H groups in total. The number of para-hydroxylation sites is 2. The van der Waals surface area contributed by atoms with Crippen LogP contribution in [0.15, 0.2) is 48.5 Å². The maximum absolute atomic E-state index is 12.2. The van der Waals surface area contributed by atoms with Gasteiger partial charge in [-0.25, -0.2) is 0 Å². The van der Waals surface area contributed by atoms with Crippen LogP contribution in [0.3, 0.4) is 0 Å². The third-order valence-corrected chi connectivity index (χ3v) is 4.62. The van der Waals surface area contributed by atoms with Gasteiger partial charge in [0.05, 0.1) is 5.69 Å². The van der Waals surface area contributed by atoms with Crippen LogP contribution in [-0.4, -0.2) is 19.0 Å². The van der Waals surface area contributed by atoms with Gasteiger partial charge < -0.3 is 15.4 Å². The Bertz CT molecular complexity index is 718. The Morgan fingerprint density at radius 3 is 2.85 bits per heavy atom. The lowest BCUT2D eigenvalue weighted by Gasteiger charge is -2.13. The van der Waals surface area contributed by atoms with Crippen molar-refractivity contribution in [3.63, 3.8) is 0 Å². The molecule has 1 fully saturated rings. The fourth-order valence-corrected chi connectivity index (χ4v) is 3.21. The summed E-state index contributed by atoms with van der Waals surface area (Å²) in [6.45, 7) is 2.49. The first-order valence-corrected chi connectivity index (χ1v) is 9.05. The highest BCUT2D eigenvalue weighted by Crippen LogP contribution is 2.26. The van der Waals surface area contributed by atoms with Crippen molar-refractivity contribution < 1.29 is 9.53 Å². The van der Waals surface area contributed by atoms with Gasteiger partial charge in [0.15, 0.2) is 0 Å². The van der Waals surface area contributed by atoms with Crippen molar-refractivity contribution in [1.82, 2.24) is 5.32 Å². The van der Waals surface area contributed by atoms with E-state index in [1.54, 1.807) is 0 Å². The standard InChI is InChI=1S/C20H23ClN2O2.ClH/c21-17-5-3-4-16(12-17)14-25-19-7-2-1-6-18(19)23-20(24)9-8-15-10-11-22-13-15;/h1-7,12,15,22H,8-11,13-14H2,(H,23,24);1H. The first kappa shape index (κ1) is 20.6. The van der Waals surface area contributed by atoms with Crippen molar-refractivity contribution in [2.24, 2.45) is 5.92 Å². The summed E-state index contributed by atoms with van der Waals surface area (Å²) in [5.41, 5.74) is 1.70. The van der Waals surface area contributed by atoms with Gasteiger partial charge in [-0.05, 0) is 61.7 Å². The minimum absolute atomic E-state index is 0. The van der Waals surface area contributed by atoms with Crippen LogP contribution < -0.4 is 15.4 Å². The van der Waals surface area contributed by atoms with Crippen LogP contribution in [0.5, 0.6) is 5.75 Å². The number of hydrogen-bond donors (Lipinski definition) is 2. The minimum atomic E-state index is 0. The van der Waals surface area contributed by atoms with Gasteiger partial charge in [-0.3, -0.25) is 4.79 Å². The van der Waals surface area contributed by atoms with Gasteiger partial charge in [-0.15, -0.1) is 12.4 Å². The van der Waals surface area contributed by atoms with Gasteiger partial charge >= 0.3 is 0 Å². The van der Waals surface area contributed by atoms with Crippen molar-refractivity contribution >= 4 is 35.6 Å². The van der Waals surface area contributed by atoms with Gasteiger partial charge in [0.1, 0.15) is 12.4 Å². The predicted molar refractivity (Wildman–Crippen MR) is 108 cm³/mol. The van der Waals surface area contributed by atoms with Crippen LogP contribution >= 0.6 is 24.0 Å². The molecule has 1 heterocycles. The van der Waals surface area contributed by atoms with Crippen LogP contribution in [0, 0.1) is 5.92 Å². The zero-order chi connectivity index (χ0) is 17.5. The summed E-state index contributed by atoms with van der Waals surface area (Å²) in [5, 5.41) is 6.99. The Balaban J connectivity index is 0.00000243. The molecule has 1 unspecified atom stereocenters. The van der Waals surface area contributed by atoms with Crippen LogP contribution in [-0.2, 0) is 11.4 Å². The predicted octanol–water partition coefficient (Wildman–Crippen LogP) is 4.67. The highest BCUT2D eigenvalue weighted by Gasteiger charge is 2.16. The molecule has 1 amide bonds. The second-order valence-corrected chi connectivity index (χ2v) is 6.80. The average Bonchev–Trinajstić information content (AvgIpc) is 3.13. The summed E-state index contributed by atoms with van der Waals surface area (Å²) in [6, 6.07) is 15.1. The molecule has 0 spiro atoms. The van der Waals surface area contributed by atoms with E-state index in [2.05, 4.69) is 10.6 Å². The zero-order valence-corrected chi connectivity index (χ0v) is 16.1. The van der Waals surface area contributed by atoms with Crippen molar-refractivity contribution in [3.05, 3.63) is 59.1 Å². The number of rotatable bonds is 7. The third-order valence-electron chi connectivity index (χ3n) is 4.39. The lowest BCUT2D eigenvalue weighted by Crippen LogP contribution is -2.15. The molecular weight excluding hydrogens is 371 g/mol. The van der Waals surface area contributed by atoms with Gasteiger partial charge in [-0.1, -0.05) is 35.9 Å². The average molecular weight is 395 g/mol. The minimum Gasteiger partial charge on any atom is -0.487 e. The maximum Gasteiger partial charge on any atom is 0.224 e. The van der Waals surface area contributed by atoms with E-state index in [1.165, 1.54) is 0 Å². The molecule has 0 saturated carbocycles. The van der Waals surface area contributed by atoms with Crippen molar-refractivity contribution in [1.29, 1.82) is 0 Å². The molecule has 1 aliphatic rings. The number of ether oxygens (including phenoxy) is 1. The Hall–Kier alpha value is -1.75. The summed E-state index contributed by atoms with van der Waals surface area (Å²) in [6.07, 6.45) is 2.62. The third kappa shape index (κ3) is 6.20. The molecular formula is C20H24Cl2N2O2. The monoisotopic (exact) mass is 394 g/mol. The van der Waals surface area contributed by atoms with E-state index in [1.807, 2.05) is 48.5 Å². The molecule has 0 radical (unpaired) electrons. The SMILES string of the molecule is Cl.O=C(CCC1CCNC1)Nc1ccccc1OCc1cccc(Cl)c1. The summed E-state index contributed by atoms with van der Waals surface area (Å²) in [5.74, 6) is 1.31. The van der Waals surface area contributed by atoms with Crippen molar-refractivity contribution in [2.45, 2.75) is 25.9 Å². The second kappa shape index (κ2) is 10.4. The molecule has 0 aromatic heterocycles. The number of anilines is 1. The second-order valence-electron chi connectivity index (χ2n) is 6.36. The first-order valence-electron chi connectivity index (χ1n) is 8.67. The van der Waals surface area contributed by atoms with Crippen molar-refractivity contribution in [3.8, 4) is 5.75 Å². The van der Waals surface area contributed by atoms with E-state index in [4.69, 9.17) is 16.3 Å². The number of hydrogen-bond acceptors (Lipinski definition) is 3. The zero-order valence-electron chi connectivity index (χ0n) is 14.5. The first-order chi connectivity index (χ1) is 12.2. The van der Waals surface area contributed by atoms with Crippen LogP contribution in [0.25, 0.3) is 0 Å². The summed E-state index contributed by atoms with van der Waals surface area (Å²) < 4.78 is 5.87.